The van der Waals surface area contributed by atoms with E-state index in [1.807, 2.05) is 0 Å². The van der Waals surface area contributed by atoms with E-state index in [0.29, 0.717) is 4.52 Å². The van der Waals surface area contributed by atoms with Crippen LogP contribution < -0.4 is 11.1 Å². The molecule has 0 aliphatic heterocycles. The average molecular weight is 637 g/mol. The Morgan fingerprint density at radius 1 is 0.511 bits per heavy atom. The second-order valence-electron chi connectivity index (χ2n) is 10.2. The van der Waals surface area contributed by atoms with Gasteiger partial charge in [0.2, 0.25) is 0 Å². The SMILES string of the molecule is [2H]c1c([2H])c([2H])c(-c2c([2H])c([2H])c([2H])c([2H])c2-c2c([2H])c([2H])c3c(c2[2H])C(C([2H])([2H])[2H])(C([2H])([2H])[2H])c2c-3n3c4c([2H])c(-c5c([2H])c([2H])c([2H])c([2H])c5-c5c([2H])c([2H])c([2H])c([2H])c5[2H])c([2H])c([2H])c4c(=O)n3c2=O)c([2H])c1[2H]. The van der Waals surface area contributed by atoms with Crippen molar-refractivity contribution >= 4 is 10.9 Å². The third kappa shape index (κ3) is 3.88. The van der Waals surface area contributed by atoms with Gasteiger partial charge in [-0.2, -0.15) is 4.52 Å². The summed E-state index contributed by atoms with van der Waals surface area (Å²) in [5, 5.41) is -1.03. The van der Waals surface area contributed by atoms with Crippen LogP contribution in [0.3, 0.4) is 0 Å². The van der Waals surface area contributed by atoms with E-state index in [1.165, 1.54) is 0 Å². The van der Waals surface area contributed by atoms with E-state index in [-0.39, 0.29) is 4.52 Å². The van der Waals surface area contributed by atoms with Crippen LogP contribution in [-0.4, -0.2) is 9.03 Å². The van der Waals surface area contributed by atoms with Crippen molar-refractivity contribution in [2.24, 2.45) is 0 Å². The number of rotatable bonds is 4. The van der Waals surface area contributed by atoms with Crippen molar-refractivity contribution in [3.63, 3.8) is 0 Å². The van der Waals surface area contributed by atoms with Gasteiger partial charge in [0.1, 0.15) is 0 Å². The Morgan fingerprint density at radius 3 is 1.60 bits per heavy atom. The predicted molar refractivity (Wildman–Crippen MR) is 191 cm³/mol. The fourth-order valence-corrected chi connectivity index (χ4v) is 5.65. The molecule has 0 N–H and O–H groups in total. The van der Waals surface area contributed by atoms with Crippen LogP contribution in [-0.2, 0) is 5.41 Å². The van der Waals surface area contributed by atoms with Crippen molar-refractivity contribution in [1.29, 1.82) is 0 Å². The molecule has 0 saturated carbocycles. The van der Waals surface area contributed by atoms with Gasteiger partial charge in [0.25, 0.3) is 11.1 Å². The summed E-state index contributed by atoms with van der Waals surface area (Å²) in [5.41, 5.74) is -21.3. The summed E-state index contributed by atoms with van der Waals surface area (Å²) in [6, 6.07) is -26.8. The molecule has 2 heterocycles. The molecule has 0 bridgehead atoms. The van der Waals surface area contributed by atoms with Gasteiger partial charge in [-0.15, -0.1) is 0 Å². The third-order valence-corrected chi connectivity index (χ3v) is 7.64. The molecule has 0 radical (unpaired) electrons. The zero-order valence-electron chi connectivity index (χ0n) is 53.2. The predicted octanol–water partition coefficient (Wildman–Crippen LogP) is 9.32. The monoisotopic (exact) mass is 636 g/mol. The van der Waals surface area contributed by atoms with E-state index < -0.39 is 253 Å². The molecule has 4 nitrogen and oxygen atoms in total. The summed E-state index contributed by atoms with van der Waals surface area (Å²) in [7, 11) is 0. The molecule has 1 aliphatic carbocycles. The number of benzene rings is 6. The van der Waals surface area contributed by atoms with Crippen LogP contribution in [0, 0.1) is 0 Å². The Kier molecular flexibility index (Phi) is 2.24. The first kappa shape index (κ1) is 10.5. The first-order chi connectivity index (χ1) is 35.4. The van der Waals surface area contributed by atoms with Gasteiger partial charge >= 0.3 is 0 Å². The molecular weight excluding hydrogens is 576 g/mol. The molecule has 9 rings (SSSR count). The lowest BCUT2D eigenvalue weighted by molar-refractivity contribution is 0.650. The van der Waals surface area contributed by atoms with Crippen molar-refractivity contribution in [3.05, 3.63) is 177 Å². The molecule has 0 atom stereocenters. The maximum absolute atomic E-state index is 15.2. The number of fused-ring (bicyclic) bond motifs is 7. The Labute approximate surface area is 313 Å². The Balaban J connectivity index is 1.54. The fraction of sp³-hybridized carbons (Fsp3) is 0.0698. The van der Waals surface area contributed by atoms with Crippen LogP contribution in [0.2, 0.25) is 0 Å². The van der Waals surface area contributed by atoms with Crippen molar-refractivity contribution in [1.82, 2.24) is 9.03 Å². The summed E-state index contributed by atoms with van der Waals surface area (Å²) >= 11 is 0. The topological polar surface area (TPSA) is 43.0 Å². The third-order valence-electron chi connectivity index (χ3n) is 7.64. The minimum Gasteiger partial charge on any atom is -0.267 e. The standard InChI is InChI=1S/C43H30N2O2/c1-43(2)37-25-29(33-19-11-9-17-31(33)27-13-5-3-6-14-27)21-23-35(37)40-39(43)42(47)45-41(46)36-24-22-30(26-38(36)44(40)45)34-20-12-10-18-32(34)28-15-7-4-8-16-28/h3-26H,1-2H3/i1D3,2D3,3D,4D,5D,6D,7D,8D,9D,10D,11D,12D,13D,14D,15D,16D,17D,18D,19D,20D,21D,22D,23D,24D,25D,26D. The Bertz CT molecular complexity index is 4160. The van der Waals surface area contributed by atoms with Gasteiger partial charge in [0, 0.05) is 19.2 Å². The highest BCUT2D eigenvalue weighted by atomic mass is 16.2. The van der Waals surface area contributed by atoms with Crippen LogP contribution in [0.4, 0.5) is 0 Å². The van der Waals surface area contributed by atoms with Gasteiger partial charge < -0.3 is 0 Å². The molecule has 1 aliphatic rings. The zero-order valence-corrected chi connectivity index (χ0v) is 23.2. The number of nitrogens with zero attached hydrogens (tertiary/aromatic N) is 2. The molecule has 0 fully saturated rings. The smallest absolute Gasteiger partial charge is 0.267 e. The minimum absolute atomic E-state index is 0.0469. The largest absolute Gasteiger partial charge is 0.282 e. The number of hydrogen-bond donors (Lipinski definition) is 0. The lowest BCUT2D eigenvalue weighted by Gasteiger charge is -2.20. The van der Waals surface area contributed by atoms with E-state index in [9.17, 15) is 11.6 Å². The maximum atomic E-state index is 15.2. The first-order valence-corrected chi connectivity index (χ1v) is 13.5. The van der Waals surface area contributed by atoms with Crippen LogP contribution in [0.1, 0.15) is 66.0 Å². The summed E-state index contributed by atoms with van der Waals surface area (Å²) in [5.74, 6) is 0. The van der Waals surface area contributed by atoms with E-state index >= 15 is 4.79 Å². The zero-order chi connectivity index (χ0) is 57.7. The van der Waals surface area contributed by atoms with Crippen molar-refractivity contribution < 1.29 is 41.1 Å². The Morgan fingerprint density at radius 2 is 1.02 bits per heavy atom. The van der Waals surface area contributed by atoms with Gasteiger partial charge in [0.15, 0.2) is 0 Å². The van der Waals surface area contributed by atoms with Crippen molar-refractivity contribution in [3.8, 4) is 55.8 Å². The highest BCUT2D eigenvalue weighted by Crippen LogP contribution is 2.49. The van der Waals surface area contributed by atoms with Crippen LogP contribution in [0.25, 0.3) is 66.7 Å². The van der Waals surface area contributed by atoms with E-state index in [2.05, 4.69) is 0 Å². The van der Waals surface area contributed by atoms with Gasteiger partial charge in [0.05, 0.1) is 55.1 Å². The quantitative estimate of drug-likeness (QED) is 0.193. The molecular formula is C43H30N2O2. The Hall–Kier alpha value is -6.00. The van der Waals surface area contributed by atoms with Gasteiger partial charge in [-0.05, 0) is 68.2 Å². The maximum Gasteiger partial charge on any atom is 0.282 e. The van der Waals surface area contributed by atoms with E-state index in [4.69, 9.17) is 34.3 Å². The molecule has 0 unspecified atom stereocenters. The molecule has 47 heavy (non-hydrogen) atoms. The minimum atomic E-state index is -4.12. The lowest BCUT2D eigenvalue weighted by Crippen LogP contribution is -2.29. The highest BCUT2D eigenvalue weighted by molar-refractivity contribution is 5.93. The molecule has 0 amide bonds. The fourth-order valence-electron chi connectivity index (χ4n) is 5.65. The van der Waals surface area contributed by atoms with E-state index in [1.54, 1.807) is 0 Å². The molecule has 224 valence electrons. The second kappa shape index (κ2) is 10.0. The molecule has 4 heteroatoms. The average Bonchev–Trinajstić information content (AvgIpc) is 3.42. The van der Waals surface area contributed by atoms with Gasteiger partial charge in [-0.25, -0.2) is 4.52 Å². The molecule has 0 spiro atoms. The van der Waals surface area contributed by atoms with Crippen molar-refractivity contribution in [2.45, 2.75) is 19.1 Å². The first-order valence-electron chi connectivity index (χ1n) is 28.5. The van der Waals surface area contributed by atoms with E-state index in [0.717, 1.165) is 0 Å². The molecule has 0 saturated heterocycles. The summed E-state index contributed by atoms with van der Waals surface area (Å²) < 4.78 is 266. The van der Waals surface area contributed by atoms with Crippen LogP contribution in [0.5, 0.6) is 0 Å². The van der Waals surface area contributed by atoms with Gasteiger partial charge in [-0.1, -0.05) is 141 Å². The summed E-state index contributed by atoms with van der Waals surface area (Å²) in [6.07, 6.45) is 0. The van der Waals surface area contributed by atoms with Gasteiger partial charge in [-0.3, -0.25) is 9.59 Å². The molecule has 2 aromatic heterocycles. The highest BCUT2D eigenvalue weighted by Gasteiger charge is 2.42. The number of aromatic nitrogens is 2. The number of hydrogen-bond acceptors (Lipinski definition) is 2. The normalized spacial score (nSPS) is 22.8. The summed E-state index contributed by atoms with van der Waals surface area (Å²) in [4.78, 5) is 29.9. The summed E-state index contributed by atoms with van der Waals surface area (Å²) in [6.45, 7) is -8.23. The van der Waals surface area contributed by atoms with Crippen LogP contribution in [0.15, 0.2) is 155 Å². The van der Waals surface area contributed by atoms with Crippen LogP contribution >= 0.6 is 0 Å². The molecule has 6 aromatic carbocycles. The van der Waals surface area contributed by atoms with Crippen molar-refractivity contribution in [2.75, 3.05) is 0 Å². The lowest BCUT2D eigenvalue weighted by atomic mass is 9.81. The second-order valence-corrected chi connectivity index (χ2v) is 10.2. The molecule has 8 aromatic rings.